The lowest BCUT2D eigenvalue weighted by Crippen LogP contribution is -2.53. The van der Waals surface area contributed by atoms with Crippen LogP contribution in [0.1, 0.15) is 26.2 Å². The van der Waals surface area contributed by atoms with Gasteiger partial charge in [-0.15, -0.1) is 0 Å². The maximum absolute atomic E-state index is 13.1. The van der Waals surface area contributed by atoms with E-state index in [1.807, 2.05) is 0 Å². The number of alkyl halides is 3. The molecule has 0 radical (unpaired) electrons. The molecule has 0 aromatic heterocycles. The molecule has 1 N–H and O–H groups in total. The fourth-order valence-corrected chi connectivity index (χ4v) is 6.09. The molecule has 2 heterocycles. The molecule has 7 nitrogen and oxygen atoms in total. The van der Waals surface area contributed by atoms with Gasteiger partial charge in [-0.3, -0.25) is 9.59 Å². The number of nitrogens with zero attached hydrogens (tertiary/aromatic N) is 2. The Morgan fingerprint density at radius 3 is 2.51 bits per heavy atom. The van der Waals surface area contributed by atoms with E-state index in [-0.39, 0.29) is 37.2 Å². The van der Waals surface area contributed by atoms with Gasteiger partial charge in [-0.25, -0.2) is 8.42 Å². The van der Waals surface area contributed by atoms with Crippen LogP contribution >= 0.6 is 11.6 Å². The number of fused-ring (bicyclic) bond motifs is 1. The Kier molecular flexibility index (Phi) is 7.05. The Morgan fingerprint density at radius 2 is 1.80 bits per heavy atom. The van der Waals surface area contributed by atoms with Gasteiger partial charge in [-0.1, -0.05) is 23.7 Å². The van der Waals surface area contributed by atoms with Crippen LogP contribution in [0.3, 0.4) is 0 Å². The van der Waals surface area contributed by atoms with Crippen LogP contribution < -0.4 is 4.72 Å². The minimum atomic E-state index is -4.38. The maximum atomic E-state index is 13.1. The summed E-state index contributed by atoms with van der Waals surface area (Å²) in [6, 6.07) is 7.49. The molecule has 0 saturated carbocycles. The van der Waals surface area contributed by atoms with Gasteiger partial charge in [0.25, 0.3) is 0 Å². The van der Waals surface area contributed by atoms with E-state index >= 15 is 0 Å². The van der Waals surface area contributed by atoms with E-state index in [9.17, 15) is 31.2 Å². The predicted molar refractivity (Wildman–Crippen MR) is 124 cm³/mol. The van der Waals surface area contributed by atoms with Crippen molar-refractivity contribution < 1.29 is 31.2 Å². The number of piperidine rings is 1. The fourth-order valence-electron chi connectivity index (χ4n) is 4.66. The monoisotopic (exact) mass is 531 g/mol. The van der Waals surface area contributed by atoms with E-state index in [1.165, 1.54) is 24.0 Å². The van der Waals surface area contributed by atoms with E-state index in [4.69, 9.17) is 11.6 Å². The van der Waals surface area contributed by atoms with Gasteiger partial charge < -0.3 is 9.80 Å². The Hall–Kier alpha value is -2.37. The summed E-state index contributed by atoms with van der Waals surface area (Å²) >= 11 is 5.97. The minimum Gasteiger partial charge on any atom is -0.340 e. The topological polar surface area (TPSA) is 86.8 Å². The van der Waals surface area contributed by atoms with Crippen LogP contribution in [0.25, 0.3) is 10.8 Å². The van der Waals surface area contributed by atoms with Gasteiger partial charge in [0.1, 0.15) is 12.1 Å². The zero-order valence-corrected chi connectivity index (χ0v) is 20.5. The van der Waals surface area contributed by atoms with Gasteiger partial charge in [0.15, 0.2) is 0 Å². The quantitative estimate of drug-likeness (QED) is 0.639. The van der Waals surface area contributed by atoms with Gasteiger partial charge in [0.2, 0.25) is 21.8 Å². The van der Waals surface area contributed by atoms with Crippen molar-refractivity contribution in [2.24, 2.45) is 5.92 Å². The number of likely N-dealkylation sites (tertiary alicyclic amines) is 2. The van der Waals surface area contributed by atoms with Crippen molar-refractivity contribution in [2.45, 2.75) is 49.3 Å². The lowest BCUT2D eigenvalue weighted by molar-refractivity contribution is -0.189. The minimum absolute atomic E-state index is 0.0193. The van der Waals surface area contributed by atoms with Crippen molar-refractivity contribution >= 4 is 44.2 Å². The molecule has 2 fully saturated rings. The highest BCUT2D eigenvalue weighted by atomic mass is 35.5. The molecule has 35 heavy (non-hydrogen) atoms. The summed E-state index contributed by atoms with van der Waals surface area (Å²) < 4.78 is 67.7. The average molecular weight is 532 g/mol. The Bertz CT molecular complexity index is 1250. The Balaban J connectivity index is 1.43. The number of amides is 2. The molecule has 2 saturated heterocycles. The van der Waals surface area contributed by atoms with Crippen LogP contribution in [0.15, 0.2) is 41.3 Å². The average Bonchev–Trinajstić information content (AvgIpc) is 3.16. The van der Waals surface area contributed by atoms with Crippen LogP contribution in [0, 0.1) is 5.92 Å². The SMILES string of the molecule is CC(C(=O)N1CCCC(C(F)(F)F)C1)N1CC[C@H](NS(=O)(=O)c2ccc3cc(Cl)ccc3c2)C1=O. The fraction of sp³-hybridized carbons (Fsp3) is 0.478. The molecular formula is C23H25ClF3N3O4S. The van der Waals surface area contributed by atoms with Crippen LogP contribution in [0.4, 0.5) is 13.2 Å². The van der Waals surface area contributed by atoms with Crippen molar-refractivity contribution in [3.05, 3.63) is 41.4 Å². The van der Waals surface area contributed by atoms with Crippen molar-refractivity contribution in [3.63, 3.8) is 0 Å². The van der Waals surface area contributed by atoms with Gasteiger partial charge in [0, 0.05) is 24.7 Å². The molecular weight excluding hydrogens is 507 g/mol. The number of hydrogen-bond acceptors (Lipinski definition) is 4. The maximum Gasteiger partial charge on any atom is 0.393 e. The highest BCUT2D eigenvalue weighted by Crippen LogP contribution is 2.33. The Labute approximate surface area is 206 Å². The summed E-state index contributed by atoms with van der Waals surface area (Å²) in [5, 5.41) is 1.94. The third-order valence-electron chi connectivity index (χ3n) is 6.64. The van der Waals surface area contributed by atoms with Gasteiger partial charge in [-0.05, 0) is 61.2 Å². The molecule has 2 aliphatic heterocycles. The summed E-state index contributed by atoms with van der Waals surface area (Å²) in [4.78, 5) is 28.2. The molecule has 0 spiro atoms. The second kappa shape index (κ2) is 9.59. The molecule has 2 aromatic carbocycles. The largest absolute Gasteiger partial charge is 0.393 e. The number of rotatable bonds is 5. The summed E-state index contributed by atoms with van der Waals surface area (Å²) in [5.41, 5.74) is 0. The number of halogens is 4. The first-order valence-electron chi connectivity index (χ1n) is 11.2. The summed E-state index contributed by atoms with van der Waals surface area (Å²) in [5.74, 6) is -2.73. The van der Waals surface area contributed by atoms with E-state index in [0.29, 0.717) is 10.4 Å². The second-order valence-corrected chi connectivity index (χ2v) is 11.1. The molecule has 2 unspecified atom stereocenters. The van der Waals surface area contributed by atoms with Crippen LogP contribution in [-0.2, 0) is 19.6 Å². The lowest BCUT2D eigenvalue weighted by Gasteiger charge is -2.36. The molecule has 0 bridgehead atoms. The molecule has 3 atom stereocenters. The normalized spacial score (nSPS) is 22.6. The van der Waals surface area contributed by atoms with Gasteiger partial charge in [0.05, 0.1) is 10.8 Å². The third-order valence-corrected chi connectivity index (χ3v) is 8.35. The van der Waals surface area contributed by atoms with Crippen molar-refractivity contribution in [2.75, 3.05) is 19.6 Å². The smallest absolute Gasteiger partial charge is 0.340 e. The first kappa shape index (κ1) is 25.7. The number of hydrogen-bond donors (Lipinski definition) is 1. The first-order valence-corrected chi connectivity index (χ1v) is 13.1. The van der Waals surface area contributed by atoms with Crippen molar-refractivity contribution in [3.8, 4) is 0 Å². The standard InChI is InChI=1S/C23H25ClF3N3O4S/c1-14(21(31)29-9-2-3-17(13-29)23(25,26)27)30-10-8-20(22(30)32)28-35(33,34)19-7-5-15-11-18(24)6-4-16(15)12-19/h4-7,11-12,14,17,20,28H,2-3,8-10,13H2,1H3/t14?,17?,20-/m0/s1. The predicted octanol–water partition coefficient (Wildman–Crippen LogP) is 3.56. The zero-order valence-electron chi connectivity index (χ0n) is 18.9. The molecule has 2 amide bonds. The number of nitrogens with one attached hydrogen (secondary N) is 1. The van der Waals surface area contributed by atoms with E-state index in [1.54, 1.807) is 24.3 Å². The second-order valence-electron chi connectivity index (χ2n) is 8.99. The van der Waals surface area contributed by atoms with Crippen LogP contribution in [0.2, 0.25) is 5.02 Å². The molecule has 4 rings (SSSR count). The highest BCUT2D eigenvalue weighted by molar-refractivity contribution is 7.89. The number of sulfonamides is 1. The molecule has 12 heteroatoms. The molecule has 2 aliphatic rings. The highest BCUT2D eigenvalue weighted by Gasteiger charge is 2.45. The number of carbonyl (C=O) groups excluding carboxylic acids is 2. The van der Waals surface area contributed by atoms with Crippen LogP contribution in [0.5, 0.6) is 0 Å². The number of benzene rings is 2. The summed E-state index contributed by atoms with van der Waals surface area (Å²) in [7, 11) is -4.04. The van der Waals surface area contributed by atoms with Crippen molar-refractivity contribution in [1.29, 1.82) is 0 Å². The molecule has 190 valence electrons. The zero-order chi connectivity index (χ0) is 25.5. The Morgan fingerprint density at radius 1 is 1.11 bits per heavy atom. The van der Waals surface area contributed by atoms with Gasteiger partial charge >= 0.3 is 6.18 Å². The van der Waals surface area contributed by atoms with E-state index < -0.39 is 52.6 Å². The lowest BCUT2D eigenvalue weighted by atomic mass is 9.97. The van der Waals surface area contributed by atoms with Crippen LogP contribution in [-0.4, -0.2) is 67.9 Å². The van der Waals surface area contributed by atoms with Gasteiger partial charge in [-0.2, -0.15) is 17.9 Å². The third kappa shape index (κ3) is 5.41. The van der Waals surface area contributed by atoms with E-state index in [2.05, 4.69) is 4.72 Å². The molecule has 0 aliphatic carbocycles. The summed E-state index contributed by atoms with van der Waals surface area (Å²) in [6.45, 7) is 1.34. The summed E-state index contributed by atoms with van der Waals surface area (Å²) in [6.07, 6.45) is -4.04. The van der Waals surface area contributed by atoms with Crippen molar-refractivity contribution in [1.82, 2.24) is 14.5 Å². The number of carbonyl (C=O) groups is 2. The van der Waals surface area contributed by atoms with E-state index in [0.717, 1.165) is 10.3 Å². The first-order chi connectivity index (χ1) is 16.4. The molecule has 2 aromatic rings.